The molecule has 3 amide bonds. The number of hydrogen-bond acceptors (Lipinski definition) is 3. The van der Waals surface area contributed by atoms with E-state index in [9.17, 15) is 14.4 Å². The van der Waals surface area contributed by atoms with E-state index in [0.717, 1.165) is 25.7 Å². The van der Waals surface area contributed by atoms with Gasteiger partial charge in [0.15, 0.2) is 0 Å². The molecular formula is C21H29N3O3. The Morgan fingerprint density at radius 2 is 1.67 bits per heavy atom. The van der Waals surface area contributed by atoms with E-state index in [2.05, 4.69) is 10.6 Å². The minimum Gasteiger partial charge on any atom is -0.353 e. The molecule has 3 rings (SSSR count). The molecule has 1 saturated carbocycles. The summed E-state index contributed by atoms with van der Waals surface area (Å²) >= 11 is 0. The van der Waals surface area contributed by atoms with Crippen molar-refractivity contribution in [3.8, 4) is 0 Å². The summed E-state index contributed by atoms with van der Waals surface area (Å²) in [4.78, 5) is 38.3. The Labute approximate surface area is 160 Å². The Morgan fingerprint density at radius 3 is 2.33 bits per heavy atom. The Morgan fingerprint density at radius 1 is 0.963 bits per heavy atom. The maximum Gasteiger partial charge on any atom is 0.253 e. The number of amides is 3. The van der Waals surface area contributed by atoms with Gasteiger partial charge in [-0.1, -0.05) is 19.3 Å². The molecular weight excluding hydrogens is 342 g/mol. The average molecular weight is 371 g/mol. The van der Waals surface area contributed by atoms with E-state index < -0.39 is 0 Å². The third kappa shape index (κ3) is 5.31. The number of hydrogen-bond donors (Lipinski definition) is 2. The third-order valence-electron chi connectivity index (χ3n) is 5.48. The van der Waals surface area contributed by atoms with Crippen molar-refractivity contribution >= 4 is 23.4 Å². The first-order chi connectivity index (χ1) is 13.0. The molecule has 0 bridgehead atoms. The lowest BCUT2D eigenvalue weighted by Crippen LogP contribution is -2.47. The number of carbonyl (C=O) groups is 3. The largest absolute Gasteiger partial charge is 0.353 e. The highest BCUT2D eigenvalue weighted by atomic mass is 16.2. The van der Waals surface area contributed by atoms with E-state index in [-0.39, 0.29) is 23.6 Å². The molecule has 0 spiro atoms. The Hall–Kier alpha value is -2.37. The second kappa shape index (κ2) is 9.02. The number of piperidine rings is 1. The second-order valence-electron chi connectivity index (χ2n) is 7.69. The fraction of sp³-hybridized carbons (Fsp3) is 0.571. The summed E-state index contributed by atoms with van der Waals surface area (Å²) < 4.78 is 0. The molecule has 1 aliphatic carbocycles. The molecule has 6 heteroatoms. The Balaban J connectivity index is 1.57. The SMILES string of the molecule is CC(=O)Nc1ccc(C(=O)N2CCCC(C(=O)NC3CCCCC3)C2)cc1. The highest BCUT2D eigenvalue weighted by Gasteiger charge is 2.30. The Kier molecular flexibility index (Phi) is 6.48. The first kappa shape index (κ1) is 19.4. The zero-order chi connectivity index (χ0) is 19.2. The predicted molar refractivity (Wildman–Crippen MR) is 104 cm³/mol. The molecule has 2 N–H and O–H groups in total. The fourth-order valence-corrected chi connectivity index (χ4v) is 4.02. The molecule has 1 atom stereocenters. The molecule has 27 heavy (non-hydrogen) atoms. The summed E-state index contributed by atoms with van der Waals surface area (Å²) in [5, 5.41) is 5.89. The van der Waals surface area contributed by atoms with Gasteiger partial charge in [-0.15, -0.1) is 0 Å². The lowest BCUT2D eigenvalue weighted by atomic mass is 9.92. The first-order valence-corrected chi connectivity index (χ1v) is 10.0. The van der Waals surface area contributed by atoms with Gasteiger partial charge in [0.2, 0.25) is 11.8 Å². The number of carbonyl (C=O) groups excluding carboxylic acids is 3. The van der Waals surface area contributed by atoms with Crippen LogP contribution in [0, 0.1) is 5.92 Å². The van der Waals surface area contributed by atoms with Crippen LogP contribution in [0.2, 0.25) is 0 Å². The highest BCUT2D eigenvalue weighted by Crippen LogP contribution is 2.22. The van der Waals surface area contributed by atoms with Gasteiger partial charge >= 0.3 is 0 Å². The number of anilines is 1. The Bertz CT molecular complexity index is 680. The second-order valence-corrected chi connectivity index (χ2v) is 7.69. The number of rotatable bonds is 4. The molecule has 0 radical (unpaired) electrons. The summed E-state index contributed by atoms with van der Waals surface area (Å²) in [5.41, 5.74) is 1.25. The van der Waals surface area contributed by atoms with E-state index in [1.165, 1.54) is 26.2 Å². The molecule has 1 aliphatic heterocycles. The number of likely N-dealkylation sites (tertiary alicyclic amines) is 1. The number of nitrogens with one attached hydrogen (secondary N) is 2. The zero-order valence-electron chi connectivity index (χ0n) is 16.0. The molecule has 6 nitrogen and oxygen atoms in total. The molecule has 2 fully saturated rings. The molecule has 1 unspecified atom stereocenters. The molecule has 1 aromatic carbocycles. The van der Waals surface area contributed by atoms with Gasteiger partial charge in [-0.2, -0.15) is 0 Å². The van der Waals surface area contributed by atoms with Gasteiger partial charge < -0.3 is 15.5 Å². The van der Waals surface area contributed by atoms with E-state index in [1.54, 1.807) is 29.2 Å². The minimum absolute atomic E-state index is 0.0560. The van der Waals surface area contributed by atoms with Crippen molar-refractivity contribution in [1.29, 1.82) is 0 Å². The van der Waals surface area contributed by atoms with Crippen molar-refractivity contribution in [2.75, 3.05) is 18.4 Å². The van der Waals surface area contributed by atoms with Gasteiger partial charge in [-0.25, -0.2) is 0 Å². The third-order valence-corrected chi connectivity index (χ3v) is 5.48. The van der Waals surface area contributed by atoms with E-state index in [0.29, 0.717) is 30.4 Å². The number of benzene rings is 1. The van der Waals surface area contributed by atoms with Crippen LogP contribution >= 0.6 is 0 Å². The van der Waals surface area contributed by atoms with E-state index >= 15 is 0 Å². The maximum absolute atomic E-state index is 12.8. The fourth-order valence-electron chi connectivity index (χ4n) is 4.02. The van der Waals surface area contributed by atoms with Crippen molar-refractivity contribution in [2.24, 2.45) is 5.92 Å². The molecule has 0 aromatic heterocycles. The lowest BCUT2D eigenvalue weighted by molar-refractivity contribution is -0.127. The van der Waals surface area contributed by atoms with Crippen molar-refractivity contribution in [3.05, 3.63) is 29.8 Å². The van der Waals surface area contributed by atoms with Crippen molar-refractivity contribution < 1.29 is 14.4 Å². The molecule has 2 aliphatic rings. The predicted octanol–water partition coefficient (Wildman–Crippen LogP) is 2.95. The molecule has 1 heterocycles. The van der Waals surface area contributed by atoms with Crippen LogP contribution in [0.3, 0.4) is 0 Å². The van der Waals surface area contributed by atoms with Crippen LogP contribution in [-0.4, -0.2) is 41.8 Å². The van der Waals surface area contributed by atoms with Crippen LogP contribution in [0.25, 0.3) is 0 Å². The smallest absolute Gasteiger partial charge is 0.253 e. The van der Waals surface area contributed by atoms with Gasteiger partial charge in [0.05, 0.1) is 5.92 Å². The topological polar surface area (TPSA) is 78.5 Å². The summed E-state index contributed by atoms with van der Waals surface area (Å²) in [7, 11) is 0. The monoisotopic (exact) mass is 371 g/mol. The summed E-state index contributed by atoms with van der Waals surface area (Å²) in [5.74, 6) is -0.222. The van der Waals surface area contributed by atoms with Crippen molar-refractivity contribution in [3.63, 3.8) is 0 Å². The molecule has 146 valence electrons. The normalized spacial score (nSPS) is 20.8. The minimum atomic E-state index is -0.142. The van der Waals surface area contributed by atoms with Gasteiger partial charge in [0.1, 0.15) is 0 Å². The highest BCUT2D eigenvalue weighted by molar-refractivity contribution is 5.96. The summed E-state index contributed by atoms with van der Waals surface area (Å²) in [6, 6.07) is 7.20. The van der Waals surface area contributed by atoms with Crippen LogP contribution in [0.5, 0.6) is 0 Å². The zero-order valence-corrected chi connectivity index (χ0v) is 16.0. The van der Waals surface area contributed by atoms with E-state index in [1.807, 2.05) is 0 Å². The van der Waals surface area contributed by atoms with Crippen LogP contribution in [0.1, 0.15) is 62.2 Å². The van der Waals surface area contributed by atoms with E-state index in [4.69, 9.17) is 0 Å². The van der Waals surface area contributed by atoms with Crippen LogP contribution in [-0.2, 0) is 9.59 Å². The molecule has 1 aromatic rings. The summed E-state index contributed by atoms with van der Waals surface area (Å²) in [6.45, 7) is 2.61. The molecule has 1 saturated heterocycles. The van der Waals surface area contributed by atoms with Gasteiger partial charge in [-0.3, -0.25) is 14.4 Å². The summed E-state index contributed by atoms with van der Waals surface area (Å²) in [6.07, 6.45) is 7.47. The van der Waals surface area contributed by atoms with Crippen LogP contribution < -0.4 is 10.6 Å². The van der Waals surface area contributed by atoms with Gasteiger partial charge in [0.25, 0.3) is 5.91 Å². The van der Waals surface area contributed by atoms with Gasteiger partial charge in [-0.05, 0) is 49.9 Å². The van der Waals surface area contributed by atoms with Crippen LogP contribution in [0.4, 0.5) is 5.69 Å². The maximum atomic E-state index is 12.8. The van der Waals surface area contributed by atoms with Gasteiger partial charge in [0, 0.05) is 37.3 Å². The average Bonchev–Trinajstić information content (AvgIpc) is 2.68. The van der Waals surface area contributed by atoms with Crippen molar-refractivity contribution in [2.45, 2.75) is 57.9 Å². The van der Waals surface area contributed by atoms with Crippen LogP contribution in [0.15, 0.2) is 24.3 Å². The quantitative estimate of drug-likeness (QED) is 0.854. The standard InChI is InChI=1S/C21H29N3O3/c1-15(25)22-19-11-9-16(10-12-19)21(27)24-13-5-6-17(14-24)20(26)23-18-7-3-2-4-8-18/h9-12,17-18H,2-8,13-14H2,1H3,(H,22,25)(H,23,26). The first-order valence-electron chi connectivity index (χ1n) is 10.0. The lowest BCUT2D eigenvalue weighted by Gasteiger charge is -2.33. The number of nitrogens with zero attached hydrogens (tertiary/aromatic N) is 1. The van der Waals surface area contributed by atoms with Crippen molar-refractivity contribution in [1.82, 2.24) is 10.2 Å².